The third-order valence-corrected chi connectivity index (χ3v) is 6.16. The Kier molecular flexibility index (Phi) is 5.47. The number of amides is 1. The van der Waals surface area contributed by atoms with Crippen molar-refractivity contribution in [1.82, 2.24) is 0 Å². The summed E-state index contributed by atoms with van der Waals surface area (Å²) in [5.74, 6) is 0.0442. The summed E-state index contributed by atoms with van der Waals surface area (Å²) >= 11 is 0. The van der Waals surface area contributed by atoms with Gasteiger partial charge in [0, 0.05) is 23.0 Å². The fourth-order valence-corrected chi connectivity index (χ4v) is 4.57. The number of carbonyl (C=O) groups is 1. The van der Waals surface area contributed by atoms with E-state index in [-0.39, 0.29) is 18.0 Å². The maximum absolute atomic E-state index is 13.6. The normalized spacial score (nSPS) is 17.5. The summed E-state index contributed by atoms with van der Waals surface area (Å²) in [5, 5.41) is 3.65. The summed E-state index contributed by atoms with van der Waals surface area (Å²) in [4.78, 5) is 15.5. The van der Waals surface area contributed by atoms with Gasteiger partial charge in [-0.25, -0.2) is 0 Å². The molecule has 0 radical (unpaired) electrons. The van der Waals surface area contributed by atoms with Crippen LogP contribution in [-0.4, -0.2) is 11.9 Å². The van der Waals surface area contributed by atoms with Gasteiger partial charge in [-0.3, -0.25) is 4.79 Å². The van der Waals surface area contributed by atoms with Crippen molar-refractivity contribution in [3.63, 3.8) is 0 Å². The molecule has 0 saturated heterocycles. The lowest BCUT2D eigenvalue weighted by atomic mass is 9.90. The van der Waals surface area contributed by atoms with E-state index in [1.54, 1.807) is 0 Å². The molecule has 1 heterocycles. The number of fused-ring (bicyclic) bond motifs is 1. The molecule has 1 aliphatic rings. The molecule has 0 bridgehead atoms. The topological polar surface area (TPSA) is 32.3 Å². The van der Waals surface area contributed by atoms with Gasteiger partial charge in [0.25, 0.3) is 5.91 Å². The van der Waals surface area contributed by atoms with Gasteiger partial charge in [0.15, 0.2) is 0 Å². The second-order valence-corrected chi connectivity index (χ2v) is 8.33. The van der Waals surface area contributed by atoms with Gasteiger partial charge in [-0.2, -0.15) is 0 Å². The average Bonchev–Trinajstić information content (AvgIpc) is 2.85. The average molecular weight is 419 g/mol. The summed E-state index contributed by atoms with van der Waals surface area (Å²) in [6.07, 6.45) is 0.847. The molecule has 0 saturated carbocycles. The molecule has 1 aliphatic heterocycles. The molecule has 5 rings (SSSR count). The van der Waals surface area contributed by atoms with E-state index >= 15 is 0 Å². The van der Waals surface area contributed by atoms with Crippen LogP contribution in [0.3, 0.4) is 0 Å². The highest BCUT2D eigenvalue weighted by Crippen LogP contribution is 2.39. The Morgan fingerprint density at radius 2 is 1.34 bits per heavy atom. The predicted molar refractivity (Wildman–Crippen MR) is 132 cm³/mol. The van der Waals surface area contributed by atoms with Gasteiger partial charge < -0.3 is 10.2 Å². The predicted octanol–water partition coefficient (Wildman–Crippen LogP) is 6.95. The van der Waals surface area contributed by atoms with Crippen molar-refractivity contribution in [3.05, 3.63) is 120 Å². The zero-order valence-corrected chi connectivity index (χ0v) is 18.1. The van der Waals surface area contributed by atoms with Gasteiger partial charge in [-0.05, 0) is 60.4 Å². The zero-order valence-electron chi connectivity index (χ0n) is 18.1. The molecule has 4 aromatic carbocycles. The first kappa shape index (κ1) is 20.1. The Morgan fingerprint density at radius 3 is 2.06 bits per heavy atom. The summed E-state index contributed by atoms with van der Waals surface area (Å²) in [6.45, 7) is 2.13. The molecule has 1 N–H and O–H groups in total. The van der Waals surface area contributed by atoms with Gasteiger partial charge in [0.05, 0.1) is 6.04 Å². The molecule has 2 atom stereocenters. The SMILES string of the molecule is CC1CC(Nc2ccccc2)c2ccccc2N1C(=O)c1ccc(-c2ccccc2)cc1. The minimum absolute atomic E-state index is 0.0442. The van der Waals surface area contributed by atoms with E-state index in [1.807, 2.05) is 77.7 Å². The maximum Gasteiger partial charge on any atom is 0.258 e. The monoisotopic (exact) mass is 418 g/mol. The van der Waals surface area contributed by atoms with Crippen LogP contribution in [0.1, 0.15) is 35.3 Å². The second-order valence-electron chi connectivity index (χ2n) is 8.33. The van der Waals surface area contributed by atoms with Crippen LogP contribution >= 0.6 is 0 Å². The highest BCUT2D eigenvalue weighted by molar-refractivity contribution is 6.07. The molecule has 32 heavy (non-hydrogen) atoms. The molecule has 0 spiro atoms. The fraction of sp³-hybridized carbons (Fsp3) is 0.138. The number of benzene rings is 4. The first-order valence-electron chi connectivity index (χ1n) is 11.1. The van der Waals surface area contributed by atoms with E-state index < -0.39 is 0 Å². The zero-order chi connectivity index (χ0) is 21.9. The van der Waals surface area contributed by atoms with E-state index in [9.17, 15) is 4.79 Å². The van der Waals surface area contributed by atoms with E-state index in [0.29, 0.717) is 5.56 Å². The van der Waals surface area contributed by atoms with Crippen LogP contribution in [0.4, 0.5) is 11.4 Å². The van der Waals surface area contributed by atoms with Gasteiger partial charge in [0.2, 0.25) is 0 Å². The third kappa shape index (κ3) is 3.90. The Balaban J connectivity index is 1.43. The Hall–Kier alpha value is -3.85. The van der Waals surface area contributed by atoms with Crippen molar-refractivity contribution < 1.29 is 4.79 Å². The molecular weight excluding hydrogens is 392 g/mol. The molecule has 158 valence electrons. The quantitative estimate of drug-likeness (QED) is 0.389. The van der Waals surface area contributed by atoms with Crippen LogP contribution in [0.15, 0.2) is 109 Å². The van der Waals surface area contributed by atoms with Gasteiger partial charge in [0.1, 0.15) is 0 Å². The minimum atomic E-state index is 0.0442. The fourth-order valence-electron chi connectivity index (χ4n) is 4.57. The maximum atomic E-state index is 13.6. The summed E-state index contributed by atoms with van der Waals surface area (Å²) in [6, 6.07) is 36.9. The number of nitrogens with zero attached hydrogens (tertiary/aromatic N) is 1. The van der Waals surface area contributed by atoms with Gasteiger partial charge in [-0.1, -0.05) is 78.9 Å². The van der Waals surface area contributed by atoms with Crippen molar-refractivity contribution in [1.29, 1.82) is 0 Å². The molecule has 2 unspecified atom stereocenters. The summed E-state index contributed by atoms with van der Waals surface area (Å²) < 4.78 is 0. The highest BCUT2D eigenvalue weighted by atomic mass is 16.2. The number of para-hydroxylation sites is 2. The standard InChI is InChI=1S/C29H26N2O/c1-21-20-27(30-25-12-6-3-7-13-25)26-14-8-9-15-28(26)31(21)29(32)24-18-16-23(17-19-24)22-10-4-2-5-11-22/h2-19,21,27,30H,20H2,1H3. The van der Waals surface area contributed by atoms with Crippen molar-refractivity contribution in [3.8, 4) is 11.1 Å². The molecule has 3 heteroatoms. The lowest BCUT2D eigenvalue weighted by Gasteiger charge is -2.40. The molecule has 0 fully saturated rings. The van der Waals surface area contributed by atoms with E-state index in [1.165, 1.54) is 0 Å². The molecule has 0 aliphatic carbocycles. The van der Waals surface area contributed by atoms with Crippen molar-refractivity contribution in [2.75, 3.05) is 10.2 Å². The number of nitrogens with one attached hydrogen (secondary N) is 1. The lowest BCUT2D eigenvalue weighted by Crippen LogP contribution is -2.44. The smallest absolute Gasteiger partial charge is 0.258 e. The van der Waals surface area contributed by atoms with Gasteiger partial charge >= 0.3 is 0 Å². The van der Waals surface area contributed by atoms with Crippen molar-refractivity contribution >= 4 is 17.3 Å². The van der Waals surface area contributed by atoms with E-state index in [4.69, 9.17) is 0 Å². The number of anilines is 2. The third-order valence-electron chi connectivity index (χ3n) is 6.16. The van der Waals surface area contributed by atoms with Crippen LogP contribution in [-0.2, 0) is 0 Å². The first-order valence-corrected chi connectivity index (χ1v) is 11.1. The van der Waals surface area contributed by atoms with Crippen LogP contribution in [0.25, 0.3) is 11.1 Å². The Labute approximate surface area is 189 Å². The highest BCUT2D eigenvalue weighted by Gasteiger charge is 2.34. The summed E-state index contributed by atoms with van der Waals surface area (Å²) in [5.41, 5.74) is 6.21. The molecule has 1 amide bonds. The molecule has 0 aromatic heterocycles. The van der Waals surface area contributed by atoms with E-state index in [0.717, 1.165) is 34.5 Å². The summed E-state index contributed by atoms with van der Waals surface area (Å²) in [7, 11) is 0. The molecule has 4 aromatic rings. The molecule has 3 nitrogen and oxygen atoms in total. The minimum Gasteiger partial charge on any atom is -0.378 e. The Bertz CT molecular complexity index is 1200. The van der Waals surface area contributed by atoms with Crippen LogP contribution < -0.4 is 10.2 Å². The number of hydrogen-bond donors (Lipinski definition) is 1. The van der Waals surface area contributed by atoms with Crippen LogP contribution in [0.2, 0.25) is 0 Å². The molecular formula is C29H26N2O. The van der Waals surface area contributed by atoms with Crippen LogP contribution in [0, 0.1) is 0 Å². The number of carbonyl (C=O) groups excluding carboxylic acids is 1. The van der Waals surface area contributed by atoms with Crippen molar-refractivity contribution in [2.24, 2.45) is 0 Å². The Morgan fingerprint density at radius 1 is 0.750 bits per heavy atom. The van der Waals surface area contributed by atoms with Crippen molar-refractivity contribution in [2.45, 2.75) is 25.4 Å². The first-order chi connectivity index (χ1) is 15.7. The number of hydrogen-bond acceptors (Lipinski definition) is 2. The van der Waals surface area contributed by atoms with Gasteiger partial charge in [-0.15, -0.1) is 0 Å². The number of rotatable bonds is 4. The second kappa shape index (κ2) is 8.72. The lowest BCUT2D eigenvalue weighted by molar-refractivity contribution is 0.0974. The van der Waals surface area contributed by atoms with E-state index in [2.05, 4.69) is 48.6 Å². The van der Waals surface area contributed by atoms with Crippen LogP contribution in [0.5, 0.6) is 0 Å². The largest absolute Gasteiger partial charge is 0.378 e.